The lowest BCUT2D eigenvalue weighted by atomic mass is 10.2. The van der Waals surface area contributed by atoms with Gasteiger partial charge in [-0.15, -0.1) is 0 Å². The minimum absolute atomic E-state index is 0.00163. The van der Waals surface area contributed by atoms with Gasteiger partial charge in [0.1, 0.15) is 12.1 Å². The SMILES string of the molecule is Nc1ncnc(NCc2cccc(F)c2)c1[N+](=O)[O-]. The van der Waals surface area contributed by atoms with E-state index in [-0.39, 0.29) is 29.7 Å². The van der Waals surface area contributed by atoms with E-state index in [2.05, 4.69) is 15.3 Å². The maximum absolute atomic E-state index is 13.0. The van der Waals surface area contributed by atoms with Crippen molar-refractivity contribution in [1.82, 2.24) is 9.97 Å². The van der Waals surface area contributed by atoms with Crippen molar-refractivity contribution in [2.45, 2.75) is 6.54 Å². The predicted octanol–water partition coefficient (Wildman–Crippen LogP) is 1.72. The number of nitro groups is 1. The summed E-state index contributed by atoms with van der Waals surface area (Å²) < 4.78 is 13.0. The van der Waals surface area contributed by atoms with Crippen molar-refractivity contribution in [1.29, 1.82) is 0 Å². The third-order valence-corrected chi connectivity index (χ3v) is 2.38. The van der Waals surface area contributed by atoms with Crippen molar-refractivity contribution >= 4 is 17.3 Å². The number of benzene rings is 1. The highest BCUT2D eigenvalue weighted by atomic mass is 19.1. The zero-order valence-corrected chi connectivity index (χ0v) is 9.71. The van der Waals surface area contributed by atoms with E-state index in [4.69, 9.17) is 5.73 Å². The fourth-order valence-electron chi connectivity index (χ4n) is 1.53. The van der Waals surface area contributed by atoms with Crippen molar-refractivity contribution in [3.8, 4) is 0 Å². The summed E-state index contributed by atoms with van der Waals surface area (Å²) in [7, 11) is 0. The molecule has 1 aromatic carbocycles. The second-order valence-corrected chi connectivity index (χ2v) is 3.70. The molecule has 2 aromatic rings. The minimum atomic E-state index is -0.663. The molecule has 0 unspecified atom stereocenters. The fourth-order valence-corrected chi connectivity index (χ4v) is 1.53. The largest absolute Gasteiger partial charge is 0.378 e. The average Bonchev–Trinajstić information content (AvgIpc) is 2.36. The summed E-state index contributed by atoms with van der Waals surface area (Å²) in [6, 6.07) is 5.87. The van der Waals surface area contributed by atoms with Gasteiger partial charge in [0.25, 0.3) is 0 Å². The summed E-state index contributed by atoms with van der Waals surface area (Å²) in [6.45, 7) is 0.190. The maximum Gasteiger partial charge on any atom is 0.352 e. The molecule has 0 saturated heterocycles. The summed E-state index contributed by atoms with van der Waals surface area (Å²) in [5, 5.41) is 13.6. The van der Waals surface area contributed by atoms with Gasteiger partial charge in [0.15, 0.2) is 0 Å². The number of nitrogen functional groups attached to an aromatic ring is 1. The molecular formula is C11H10FN5O2. The Kier molecular flexibility index (Phi) is 3.51. The van der Waals surface area contributed by atoms with E-state index in [1.807, 2.05) is 0 Å². The van der Waals surface area contributed by atoms with Crippen LogP contribution in [0.1, 0.15) is 5.56 Å². The lowest BCUT2D eigenvalue weighted by Gasteiger charge is -2.06. The molecule has 0 aliphatic carbocycles. The number of aromatic nitrogens is 2. The van der Waals surface area contributed by atoms with Crippen LogP contribution in [0, 0.1) is 15.9 Å². The summed E-state index contributed by atoms with van der Waals surface area (Å²) in [5.74, 6) is -0.598. The van der Waals surface area contributed by atoms with E-state index in [1.165, 1.54) is 12.1 Å². The predicted molar refractivity (Wildman–Crippen MR) is 66.8 cm³/mol. The van der Waals surface area contributed by atoms with Gasteiger partial charge >= 0.3 is 5.69 Å². The first-order chi connectivity index (χ1) is 9.08. The molecule has 0 saturated carbocycles. The monoisotopic (exact) mass is 263 g/mol. The van der Waals surface area contributed by atoms with E-state index < -0.39 is 4.92 Å². The first-order valence-electron chi connectivity index (χ1n) is 5.31. The van der Waals surface area contributed by atoms with Crippen LogP contribution in [-0.2, 0) is 6.54 Å². The van der Waals surface area contributed by atoms with E-state index >= 15 is 0 Å². The molecule has 2 rings (SSSR count). The van der Waals surface area contributed by atoms with Crippen LogP contribution in [0.2, 0.25) is 0 Å². The summed E-state index contributed by atoms with van der Waals surface area (Å²) >= 11 is 0. The van der Waals surface area contributed by atoms with E-state index in [1.54, 1.807) is 12.1 Å². The maximum atomic E-state index is 13.0. The fraction of sp³-hybridized carbons (Fsp3) is 0.0909. The number of nitrogens with two attached hydrogens (primary N) is 1. The van der Waals surface area contributed by atoms with Crippen LogP contribution in [0.4, 0.5) is 21.7 Å². The third kappa shape index (κ3) is 2.92. The van der Waals surface area contributed by atoms with Crippen molar-refractivity contribution in [3.05, 3.63) is 52.1 Å². The molecule has 3 N–H and O–H groups in total. The van der Waals surface area contributed by atoms with E-state index in [0.29, 0.717) is 5.56 Å². The Bertz CT molecular complexity index is 620. The molecule has 0 amide bonds. The van der Waals surface area contributed by atoms with E-state index in [0.717, 1.165) is 6.33 Å². The van der Waals surface area contributed by atoms with Gasteiger partial charge in [-0.1, -0.05) is 12.1 Å². The Hall–Kier alpha value is -2.77. The first kappa shape index (κ1) is 12.7. The van der Waals surface area contributed by atoms with Crippen molar-refractivity contribution in [2.75, 3.05) is 11.1 Å². The molecule has 7 nitrogen and oxygen atoms in total. The van der Waals surface area contributed by atoms with Crippen molar-refractivity contribution in [3.63, 3.8) is 0 Å². The molecule has 0 radical (unpaired) electrons. The highest BCUT2D eigenvalue weighted by molar-refractivity contribution is 5.67. The second kappa shape index (κ2) is 5.25. The molecule has 1 aromatic heterocycles. The minimum Gasteiger partial charge on any atom is -0.378 e. The van der Waals surface area contributed by atoms with Gasteiger partial charge in [-0.3, -0.25) is 10.1 Å². The molecule has 0 atom stereocenters. The quantitative estimate of drug-likeness (QED) is 0.642. The smallest absolute Gasteiger partial charge is 0.352 e. The molecule has 0 fully saturated rings. The highest BCUT2D eigenvalue weighted by Crippen LogP contribution is 2.26. The molecule has 0 aliphatic heterocycles. The van der Waals surface area contributed by atoms with Gasteiger partial charge in [-0.2, -0.15) is 0 Å². The Morgan fingerprint density at radius 3 is 2.89 bits per heavy atom. The van der Waals surface area contributed by atoms with Gasteiger partial charge in [0.2, 0.25) is 11.6 Å². The number of rotatable bonds is 4. The molecule has 0 spiro atoms. The molecule has 1 heterocycles. The highest BCUT2D eigenvalue weighted by Gasteiger charge is 2.20. The Balaban J connectivity index is 2.20. The zero-order valence-electron chi connectivity index (χ0n) is 9.71. The molecule has 0 bridgehead atoms. The van der Waals surface area contributed by atoms with Crippen LogP contribution >= 0.6 is 0 Å². The van der Waals surface area contributed by atoms with Gasteiger partial charge < -0.3 is 11.1 Å². The van der Waals surface area contributed by atoms with Gasteiger partial charge in [0.05, 0.1) is 4.92 Å². The van der Waals surface area contributed by atoms with Crippen molar-refractivity contribution in [2.24, 2.45) is 0 Å². The van der Waals surface area contributed by atoms with E-state index in [9.17, 15) is 14.5 Å². The normalized spacial score (nSPS) is 10.2. The third-order valence-electron chi connectivity index (χ3n) is 2.38. The van der Waals surface area contributed by atoms with Crippen LogP contribution in [0.25, 0.3) is 0 Å². The number of nitrogens with zero attached hydrogens (tertiary/aromatic N) is 3. The topological polar surface area (TPSA) is 107 Å². The van der Waals surface area contributed by atoms with Gasteiger partial charge in [-0.25, -0.2) is 14.4 Å². The lowest BCUT2D eigenvalue weighted by molar-refractivity contribution is -0.383. The number of halogens is 1. The lowest BCUT2D eigenvalue weighted by Crippen LogP contribution is -2.08. The summed E-state index contributed by atoms with van der Waals surface area (Å²) in [5.41, 5.74) is 5.66. The molecule has 98 valence electrons. The summed E-state index contributed by atoms with van der Waals surface area (Å²) in [6.07, 6.45) is 1.12. The number of anilines is 2. The molecule has 0 aliphatic rings. The van der Waals surface area contributed by atoms with Crippen LogP contribution in [-0.4, -0.2) is 14.9 Å². The molecular weight excluding hydrogens is 253 g/mol. The molecule has 8 heteroatoms. The Morgan fingerprint density at radius 2 is 2.21 bits per heavy atom. The Morgan fingerprint density at radius 1 is 1.42 bits per heavy atom. The summed E-state index contributed by atoms with van der Waals surface area (Å²) in [4.78, 5) is 17.5. The van der Waals surface area contributed by atoms with Crippen LogP contribution in [0.3, 0.4) is 0 Å². The number of nitrogens with one attached hydrogen (secondary N) is 1. The second-order valence-electron chi connectivity index (χ2n) is 3.70. The first-order valence-corrected chi connectivity index (χ1v) is 5.31. The zero-order chi connectivity index (χ0) is 13.8. The molecule has 19 heavy (non-hydrogen) atoms. The van der Waals surface area contributed by atoms with Crippen LogP contribution in [0.5, 0.6) is 0 Å². The van der Waals surface area contributed by atoms with Crippen LogP contribution in [0.15, 0.2) is 30.6 Å². The number of hydrogen-bond acceptors (Lipinski definition) is 6. The van der Waals surface area contributed by atoms with Crippen molar-refractivity contribution < 1.29 is 9.31 Å². The average molecular weight is 263 g/mol. The van der Waals surface area contributed by atoms with Crippen LogP contribution < -0.4 is 11.1 Å². The van der Waals surface area contributed by atoms with Gasteiger partial charge in [0, 0.05) is 6.54 Å². The Labute approximate surface area is 107 Å². The standard InChI is InChI=1S/C11H10FN5O2/c12-8-3-1-2-7(4-8)5-14-11-9(17(18)19)10(13)15-6-16-11/h1-4,6H,5H2,(H3,13,14,15,16). The van der Waals surface area contributed by atoms with Gasteiger partial charge in [-0.05, 0) is 17.7 Å². The number of hydrogen-bond donors (Lipinski definition) is 2.